The lowest BCUT2D eigenvalue weighted by molar-refractivity contribution is 0.0963. The van der Waals surface area contributed by atoms with Crippen molar-refractivity contribution in [3.63, 3.8) is 0 Å². The SMILES string of the molecule is COc1ccc2c(c1)c(CC=NO)c(C)n2C(=O)c1ccc(Cl)cc1. The Balaban J connectivity index is 2.21. The van der Waals surface area contributed by atoms with Crippen LogP contribution in [0, 0.1) is 6.92 Å². The van der Waals surface area contributed by atoms with E-state index in [2.05, 4.69) is 5.16 Å². The minimum atomic E-state index is -0.142. The van der Waals surface area contributed by atoms with Gasteiger partial charge in [0.25, 0.3) is 5.91 Å². The maximum absolute atomic E-state index is 13.0. The molecule has 128 valence electrons. The first-order valence-corrected chi connectivity index (χ1v) is 8.08. The quantitative estimate of drug-likeness (QED) is 0.430. The second kappa shape index (κ2) is 6.99. The zero-order chi connectivity index (χ0) is 18.0. The van der Waals surface area contributed by atoms with Crippen LogP contribution in [0.4, 0.5) is 0 Å². The molecular weight excluding hydrogens is 340 g/mol. The van der Waals surface area contributed by atoms with Crippen LogP contribution in [0.5, 0.6) is 5.75 Å². The summed E-state index contributed by atoms with van der Waals surface area (Å²) >= 11 is 5.91. The minimum Gasteiger partial charge on any atom is -0.497 e. The molecule has 0 aliphatic rings. The van der Waals surface area contributed by atoms with Crippen LogP contribution in [-0.4, -0.2) is 29.0 Å². The van der Waals surface area contributed by atoms with Gasteiger partial charge in [0.1, 0.15) is 5.75 Å². The zero-order valence-electron chi connectivity index (χ0n) is 13.9. The van der Waals surface area contributed by atoms with Crippen LogP contribution >= 0.6 is 11.6 Å². The number of hydrogen-bond donors (Lipinski definition) is 1. The number of halogens is 1. The van der Waals surface area contributed by atoms with Crippen LogP contribution in [0.15, 0.2) is 47.6 Å². The van der Waals surface area contributed by atoms with Gasteiger partial charge in [0.15, 0.2) is 0 Å². The highest BCUT2D eigenvalue weighted by Crippen LogP contribution is 2.30. The molecule has 0 amide bonds. The van der Waals surface area contributed by atoms with Gasteiger partial charge in [0.2, 0.25) is 0 Å². The van der Waals surface area contributed by atoms with Crippen molar-refractivity contribution in [3.8, 4) is 5.75 Å². The van der Waals surface area contributed by atoms with E-state index in [1.165, 1.54) is 6.21 Å². The molecule has 0 radical (unpaired) electrons. The highest BCUT2D eigenvalue weighted by atomic mass is 35.5. The van der Waals surface area contributed by atoms with E-state index in [1.807, 2.05) is 25.1 Å². The van der Waals surface area contributed by atoms with Crippen molar-refractivity contribution in [3.05, 3.63) is 64.3 Å². The van der Waals surface area contributed by atoms with Crippen molar-refractivity contribution < 1.29 is 14.7 Å². The lowest BCUT2D eigenvalue weighted by Crippen LogP contribution is -2.13. The summed E-state index contributed by atoms with van der Waals surface area (Å²) in [5, 5.41) is 13.3. The maximum Gasteiger partial charge on any atom is 0.262 e. The standard InChI is InChI=1S/C19H17ClN2O3/c1-12-16(9-10-21-24)17-11-15(25-2)7-8-18(17)22(12)19(23)13-3-5-14(20)6-4-13/h3-8,10-11,24H,9H2,1-2H3. The summed E-state index contributed by atoms with van der Waals surface area (Å²) < 4.78 is 6.96. The van der Waals surface area contributed by atoms with Gasteiger partial charge < -0.3 is 9.94 Å². The molecule has 6 heteroatoms. The van der Waals surface area contributed by atoms with Gasteiger partial charge in [0, 0.05) is 34.3 Å². The molecule has 0 bridgehead atoms. The Labute approximate surface area is 150 Å². The Morgan fingerprint density at radius 3 is 2.64 bits per heavy atom. The van der Waals surface area contributed by atoms with E-state index in [0.29, 0.717) is 22.8 Å². The van der Waals surface area contributed by atoms with Crippen molar-refractivity contribution in [2.45, 2.75) is 13.3 Å². The number of aromatic nitrogens is 1. The van der Waals surface area contributed by atoms with Gasteiger partial charge >= 0.3 is 0 Å². The fourth-order valence-corrected chi connectivity index (χ4v) is 3.09. The molecule has 2 aromatic carbocycles. The Kier molecular flexibility index (Phi) is 4.76. The number of rotatable bonds is 4. The zero-order valence-corrected chi connectivity index (χ0v) is 14.6. The summed E-state index contributed by atoms with van der Waals surface area (Å²) in [6.45, 7) is 1.88. The van der Waals surface area contributed by atoms with Crippen LogP contribution in [0.1, 0.15) is 21.6 Å². The summed E-state index contributed by atoms with van der Waals surface area (Å²) in [5.41, 5.74) is 3.03. The number of hydrogen-bond acceptors (Lipinski definition) is 4. The number of carbonyl (C=O) groups excluding carboxylic acids is 1. The van der Waals surface area contributed by atoms with Crippen molar-refractivity contribution in [2.75, 3.05) is 7.11 Å². The number of oxime groups is 1. The van der Waals surface area contributed by atoms with Gasteiger partial charge in [-0.2, -0.15) is 0 Å². The van der Waals surface area contributed by atoms with Crippen LogP contribution in [-0.2, 0) is 6.42 Å². The predicted molar refractivity (Wildman–Crippen MR) is 98.4 cm³/mol. The molecule has 0 unspecified atom stereocenters. The lowest BCUT2D eigenvalue weighted by atomic mass is 10.1. The van der Waals surface area contributed by atoms with Crippen LogP contribution in [0.25, 0.3) is 10.9 Å². The van der Waals surface area contributed by atoms with Gasteiger partial charge in [-0.15, -0.1) is 5.16 Å². The number of nitrogens with zero attached hydrogens (tertiary/aromatic N) is 2. The van der Waals surface area contributed by atoms with Crippen LogP contribution in [0.2, 0.25) is 5.02 Å². The predicted octanol–water partition coefficient (Wildman–Crippen LogP) is 4.30. The summed E-state index contributed by atoms with van der Waals surface area (Å²) in [4.78, 5) is 13.0. The smallest absolute Gasteiger partial charge is 0.262 e. The minimum absolute atomic E-state index is 0.142. The highest BCUT2D eigenvalue weighted by Gasteiger charge is 2.20. The molecule has 0 atom stereocenters. The molecule has 1 aromatic heterocycles. The molecular formula is C19H17ClN2O3. The van der Waals surface area contributed by atoms with E-state index in [0.717, 1.165) is 22.2 Å². The Hall–Kier alpha value is -2.79. The Bertz CT molecular complexity index is 959. The summed E-state index contributed by atoms with van der Waals surface area (Å²) in [6.07, 6.45) is 1.81. The second-order valence-electron chi connectivity index (χ2n) is 5.60. The van der Waals surface area contributed by atoms with E-state index < -0.39 is 0 Å². The Morgan fingerprint density at radius 1 is 1.28 bits per heavy atom. The molecule has 25 heavy (non-hydrogen) atoms. The molecule has 0 saturated heterocycles. The number of methoxy groups -OCH3 is 1. The second-order valence-corrected chi connectivity index (χ2v) is 6.03. The third kappa shape index (κ3) is 3.10. The molecule has 3 aromatic rings. The fourth-order valence-electron chi connectivity index (χ4n) is 2.96. The van der Waals surface area contributed by atoms with Crippen molar-refractivity contribution in [2.24, 2.45) is 5.16 Å². The molecule has 0 aliphatic heterocycles. The summed E-state index contributed by atoms with van der Waals surface area (Å²) in [7, 11) is 1.60. The fraction of sp³-hybridized carbons (Fsp3) is 0.158. The number of benzene rings is 2. The normalized spacial score (nSPS) is 11.3. The first kappa shape index (κ1) is 17.0. The van der Waals surface area contributed by atoms with Crippen LogP contribution in [0.3, 0.4) is 0 Å². The van der Waals surface area contributed by atoms with Crippen molar-refractivity contribution in [1.29, 1.82) is 0 Å². The first-order chi connectivity index (χ1) is 12.1. The summed E-state index contributed by atoms with van der Waals surface area (Å²) in [6, 6.07) is 12.3. The van der Waals surface area contributed by atoms with Crippen molar-refractivity contribution >= 4 is 34.6 Å². The molecule has 0 fully saturated rings. The van der Waals surface area contributed by atoms with Gasteiger partial charge in [-0.05, 0) is 55.0 Å². The maximum atomic E-state index is 13.0. The molecule has 0 spiro atoms. The third-order valence-electron chi connectivity index (χ3n) is 4.21. The topological polar surface area (TPSA) is 63.8 Å². The average molecular weight is 357 g/mol. The summed E-state index contributed by atoms with van der Waals surface area (Å²) in [5.74, 6) is 0.558. The first-order valence-electron chi connectivity index (χ1n) is 7.71. The molecule has 0 saturated carbocycles. The lowest BCUT2D eigenvalue weighted by Gasteiger charge is -2.08. The van der Waals surface area contributed by atoms with E-state index in [-0.39, 0.29) is 5.91 Å². The number of carbonyl (C=O) groups is 1. The largest absolute Gasteiger partial charge is 0.497 e. The average Bonchev–Trinajstić information content (AvgIpc) is 2.90. The monoisotopic (exact) mass is 356 g/mol. The molecule has 1 N–H and O–H groups in total. The van der Waals surface area contributed by atoms with E-state index in [1.54, 1.807) is 35.9 Å². The molecule has 5 nitrogen and oxygen atoms in total. The van der Waals surface area contributed by atoms with E-state index in [4.69, 9.17) is 21.5 Å². The number of ether oxygens (including phenoxy) is 1. The number of fused-ring (bicyclic) bond motifs is 1. The van der Waals surface area contributed by atoms with Gasteiger partial charge in [-0.3, -0.25) is 9.36 Å². The van der Waals surface area contributed by atoms with Gasteiger partial charge in [-0.1, -0.05) is 11.6 Å². The van der Waals surface area contributed by atoms with Crippen LogP contribution < -0.4 is 4.74 Å². The van der Waals surface area contributed by atoms with Crippen molar-refractivity contribution in [1.82, 2.24) is 4.57 Å². The third-order valence-corrected chi connectivity index (χ3v) is 4.47. The molecule has 0 aliphatic carbocycles. The molecule has 3 rings (SSSR count). The van der Waals surface area contributed by atoms with E-state index >= 15 is 0 Å². The van der Waals surface area contributed by atoms with Gasteiger partial charge in [-0.25, -0.2) is 0 Å². The van der Waals surface area contributed by atoms with E-state index in [9.17, 15) is 4.79 Å². The van der Waals surface area contributed by atoms with Gasteiger partial charge in [0.05, 0.1) is 12.6 Å². The molecule has 1 heterocycles. The Morgan fingerprint density at radius 2 is 2.00 bits per heavy atom. The highest BCUT2D eigenvalue weighted by molar-refractivity contribution is 6.30.